The lowest BCUT2D eigenvalue weighted by atomic mass is 10.2. The van der Waals surface area contributed by atoms with Crippen LogP contribution >= 0.6 is 11.6 Å². The van der Waals surface area contributed by atoms with Crippen molar-refractivity contribution in [2.75, 3.05) is 33.3 Å². The molecule has 0 aromatic heterocycles. The van der Waals surface area contributed by atoms with Gasteiger partial charge in [0.15, 0.2) is 0 Å². The van der Waals surface area contributed by atoms with Crippen LogP contribution in [0.25, 0.3) is 0 Å². The van der Waals surface area contributed by atoms with Gasteiger partial charge in [-0.15, -0.1) is 0 Å². The average Bonchev–Trinajstić information content (AvgIpc) is 2.51. The minimum absolute atomic E-state index is 0.0810. The number of nitrogens with one attached hydrogen (secondary N) is 1. The van der Waals surface area contributed by atoms with Crippen molar-refractivity contribution in [1.82, 2.24) is 10.2 Å². The van der Waals surface area contributed by atoms with Crippen LogP contribution in [0.15, 0.2) is 18.2 Å². The molecule has 1 amide bonds. The van der Waals surface area contributed by atoms with Crippen LogP contribution in [0, 0.1) is 0 Å². The fraction of sp³-hybridized carbons (Fsp3) is 0.467. The Kier molecular flexibility index (Phi) is 10.9. The molecule has 1 rings (SSSR count). The minimum Gasteiger partial charge on any atom is -0.497 e. The normalized spacial score (nSPS) is 9.68. The summed E-state index contributed by atoms with van der Waals surface area (Å²) in [6.45, 7) is 8.04. The van der Waals surface area contributed by atoms with E-state index in [1.807, 2.05) is 0 Å². The van der Waals surface area contributed by atoms with E-state index in [9.17, 15) is 9.59 Å². The van der Waals surface area contributed by atoms with E-state index in [1.165, 1.54) is 19.2 Å². The van der Waals surface area contributed by atoms with Crippen molar-refractivity contribution < 1.29 is 19.4 Å². The molecule has 7 heteroatoms. The van der Waals surface area contributed by atoms with Gasteiger partial charge in [0, 0.05) is 13.1 Å². The molecule has 0 atom stereocenters. The number of carbonyl (C=O) groups is 2. The van der Waals surface area contributed by atoms with Gasteiger partial charge in [0.1, 0.15) is 5.75 Å². The number of hydrogen-bond acceptors (Lipinski definition) is 4. The van der Waals surface area contributed by atoms with Crippen LogP contribution in [-0.2, 0) is 4.79 Å². The lowest BCUT2D eigenvalue weighted by molar-refractivity contribution is -0.109. The molecule has 0 heterocycles. The Morgan fingerprint density at radius 3 is 2.45 bits per heavy atom. The molecule has 0 fully saturated rings. The quantitative estimate of drug-likeness (QED) is 0.564. The molecule has 22 heavy (non-hydrogen) atoms. The van der Waals surface area contributed by atoms with E-state index < -0.39 is 5.97 Å². The fourth-order valence-electron chi connectivity index (χ4n) is 1.62. The van der Waals surface area contributed by atoms with Gasteiger partial charge in [0.25, 0.3) is 0 Å². The molecule has 0 saturated heterocycles. The number of nitrogens with zero attached hydrogens (tertiary/aromatic N) is 1. The summed E-state index contributed by atoms with van der Waals surface area (Å²) in [6.07, 6.45) is 0.740. The van der Waals surface area contributed by atoms with Gasteiger partial charge in [-0.1, -0.05) is 25.4 Å². The highest BCUT2D eigenvalue weighted by molar-refractivity contribution is 6.33. The molecule has 0 aliphatic carbocycles. The molecule has 0 unspecified atom stereocenters. The van der Waals surface area contributed by atoms with Crippen molar-refractivity contribution in [3.8, 4) is 5.75 Å². The van der Waals surface area contributed by atoms with E-state index in [0.29, 0.717) is 5.75 Å². The standard InChI is InChI=1S/C8H7ClO3.C7H16N2O/c1-12-5-2-3-6(8(10)11)7(9)4-5;1-3-9(4-2)6-5-8-7-10/h2-4H,1H3,(H,10,11);7H,3-6H2,1-2H3,(H,8,10). The maximum absolute atomic E-state index is 10.5. The highest BCUT2D eigenvalue weighted by Crippen LogP contribution is 2.21. The average molecular weight is 331 g/mol. The van der Waals surface area contributed by atoms with Gasteiger partial charge < -0.3 is 20.1 Å². The number of benzene rings is 1. The Labute approximate surface area is 136 Å². The molecular weight excluding hydrogens is 308 g/mol. The fourth-order valence-corrected chi connectivity index (χ4v) is 1.87. The summed E-state index contributed by atoms with van der Waals surface area (Å²) in [5, 5.41) is 11.4. The number of carbonyl (C=O) groups excluding carboxylic acids is 1. The number of hydrogen-bond donors (Lipinski definition) is 2. The molecule has 1 aromatic carbocycles. The number of likely N-dealkylation sites (N-methyl/N-ethyl adjacent to an activating group) is 1. The third-order valence-corrected chi connectivity index (χ3v) is 3.27. The number of amides is 1. The molecule has 124 valence electrons. The van der Waals surface area contributed by atoms with Crippen molar-refractivity contribution in [3.63, 3.8) is 0 Å². The van der Waals surface area contributed by atoms with Crippen LogP contribution in [0.3, 0.4) is 0 Å². The number of halogens is 1. The van der Waals surface area contributed by atoms with Crippen LogP contribution in [0.2, 0.25) is 5.02 Å². The number of ether oxygens (including phenoxy) is 1. The van der Waals surface area contributed by atoms with E-state index in [0.717, 1.165) is 32.6 Å². The summed E-state index contributed by atoms with van der Waals surface area (Å²) in [7, 11) is 1.49. The highest BCUT2D eigenvalue weighted by Gasteiger charge is 2.08. The largest absolute Gasteiger partial charge is 0.497 e. The molecule has 6 nitrogen and oxygen atoms in total. The Bertz CT molecular complexity index is 465. The van der Waals surface area contributed by atoms with Crippen molar-refractivity contribution in [2.24, 2.45) is 0 Å². The molecule has 0 aliphatic rings. The first-order valence-electron chi connectivity index (χ1n) is 6.96. The number of methoxy groups -OCH3 is 1. The molecule has 0 bridgehead atoms. The first-order chi connectivity index (χ1) is 10.5. The first kappa shape index (κ1) is 20.2. The number of aromatic carboxylic acids is 1. The third kappa shape index (κ3) is 7.85. The summed E-state index contributed by atoms with van der Waals surface area (Å²) >= 11 is 5.64. The topological polar surface area (TPSA) is 78.9 Å². The summed E-state index contributed by atoms with van der Waals surface area (Å²) < 4.78 is 4.85. The van der Waals surface area contributed by atoms with Gasteiger partial charge in [0.2, 0.25) is 6.41 Å². The minimum atomic E-state index is -1.04. The van der Waals surface area contributed by atoms with Gasteiger partial charge in [-0.3, -0.25) is 4.79 Å². The van der Waals surface area contributed by atoms with Crippen LogP contribution < -0.4 is 10.1 Å². The van der Waals surface area contributed by atoms with E-state index in [-0.39, 0.29) is 10.6 Å². The van der Waals surface area contributed by atoms with E-state index in [4.69, 9.17) is 21.4 Å². The van der Waals surface area contributed by atoms with E-state index in [2.05, 4.69) is 24.1 Å². The smallest absolute Gasteiger partial charge is 0.337 e. The van der Waals surface area contributed by atoms with Gasteiger partial charge in [-0.05, 0) is 31.3 Å². The molecule has 0 spiro atoms. The van der Waals surface area contributed by atoms with Crippen LogP contribution in [-0.4, -0.2) is 55.7 Å². The van der Waals surface area contributed by atoms with E-state index >= 15 is 0 Å². The second-order valence-electron chi connectivity index (χ2n) is 4.25. The van der Waals surface area contributed by atoms with Crippen molar-refractivity contribution >= 4 is 24.0 Å². The molecule has 0 radical (unpaired) electrons. The van der Waals surface area contributed by atoms with Crippen LogP contribution in [0.4, 0.5) is 0 Å². The Balaban J connectivity index is 0.000000409. The van der Waals surface area contributed by atoms with E-state index in [1.54, 1.807) is 6.07 Å². The zero-order valence-electron chi connectivity index (χ0n) is 13.1. The number of carboxylic acids is 1. The van der Waals surface area contributed by atoms with Crippen molar-refractivity contribution in [1.29, 1.82) is 0 Å². The monoisotopic (exact) mass is 330 g/mol. The molecular formula is C15H23ClN2O4. The van der Waals surface area contributed by atoms with Gasteiger partial charge in [0.05, 0.1) is 17.7 Å². The Morgan fingerprint density at radius 2 is 2.05 bits per heavy atom. The second kappa shape index (κ2) is 11.8. The number of rotatable bonds is 8. The van der Waals surface area contributed by atoms with Crippen molar-refractivity contribution in [2.45, 2.75) is 13.8 Å². The Morgan fingerprint density at radius 1 is 1.41 bits per heavy atom. The molecule has 1 aromatic rings. The zero-order chi connectivity index (χ0) is 17.0. The summed E-state index contributed by atoms with van der Waals surface area (Å²) in [5.41, 5.74) is 0.0810. The van der Waals surface area contributed by atoms with Crippen molar-refractivity contribution in [3.05, 3.63) is 28.8 Å². The van der Waals surface area contributed by atoms with Gasteiger partial charge in [-0.2, -0.15) is 0 Å². The Hall–Kier alpha value is -1.79. The SMILES string of the molecule is CCN(CC)CCNC=O.COc1ccc(C(=O)O)c(Cl)c1. The first-order valence-corrected chi connectivity index (χ1v) is 7.34. The molecule has 2 N–H and O–H groups in total. The zero-order valence-corrected chi connectivity index (χ0v) is 13.9. The maximum Gasteiger partial charge on any atom is 0.337 e. The lowest BCUT2D eigenvalue weighted by Gasteiger charge is -2.16. The summed E-state index contributed by atoms with van der Waals surface area (Å²) in [5.74, 6) is -0.493. The molecule has 0 aliphatic heterocycles. The number of carboxylic acid groups (broad SMARTS) is 1. The van der Waals surface area contributed by atoms with Crippen LogP contribution in [0.5, 0.6) is 5.75 Å². The van der Waals surface area contributed by atoms with Gasteiger partial charge >= 0.3 is 5.97 Å². The third-order valence-electron chi connectivity index (χ3n) is 2.96. The van der Waals surface area contributed by atoms with Gasteiger partial charge in [-0.25, -0.2) is 4.79 Å². The highest BCUT2D eigenvalue weighted by atomic mass is 35.5. The predicted molar refractivity (Wildman–Crippen MR) is 86.8 cm³/mol. The van der Waals surface area contributed by atoms with Crippen LogP contribution in [0.1, 0.15) is 24.2 Å². The predicted octanol–water partition coefficient (Wildman–Crippen LogP) is 2.12. The molecule has 0 saturated carbocycles. The summed E-state index contributed by atoms with van der Waals surface area (Å²) in [6, 6.07) is 4.42. The lowest BCUT2D eigenvalue weighted by Crippen LogP contribution is -2.31. The maximum atomic E-state index is 10.5. The summed E-state index contributed by atoms with van der Waals surface area (Å²) in [4.78, 5) is 22.6. The second-order valence-corrected chi connectivity index (χ2v) is 4.66.